The van der Waals surface area contributed by atoms with E-state index in [0.29, 0.717) is 12.1 Å². The van der Waals surface area contributed by atoms with E-state index in [9.17, 15) is 9.59 Å². The van der Waals surface area contributed by atoms with Crippen molar-refractivity contribution in [2.75, 3.05) is 18.0 Å². The number of amides is 1. The number of carbonyl (C=O) groups is 2. The lowest BCUT2D eigenvalue weighted by atomic mass is 10.1. The van der Waals surface area contributed by atoms with Crippen molar-refractivity contribution in [3.8, 4) is 0 Å². The molecule has 17 heavy (non-hydrogen) atoms. The summed E-state index contributed by atoms with van der Waals surface area (Å²) < 4.78 is 0. The van der Waals surface area contributed by atoms with Crippen LogP contribution in [0.1, 0.15) is 22.3 Å². The zero-order valence-corrected chi connectivity index (χ0v) is 9.72. The van der Waals surface area contributed by atoms with E-state index in [4.69, 9.17) is 5.73 Å². The molecule has 1 amide bonds. The average molecular weight is 233 g/mol. The molecule has 1 fully saturated rings. The molecule has 1 aromatic heterocycles. The van der Waals surface area contributed by atoms with Crippen LogP contribution in [-0.4, -0.2) is 30.3 Å². The number of aromatic nitrogens is 1. The number of hydrogen-bond donors (Lipinski definition) is 1. The van der Waals surface area contributed by atoms with Crippen molar-refractivity contribution < 1.29 is 9.59 Å². The van der Waals surface area contributed by atoms with Crippen molar-refractivity contribution in [1.29, 1.82) is 0 Å². The van der Waals surface area contributed by atoms with Gasteiger partial charge < -0.3 is 10.6 Å². The Kier molecular flexibility index (Phi) is 3.08. The maximum atomic E-state index is 11.1. The van der Waals surface area contributed by atoms with Crippen molar-refractivity contribution >= 4 is 18.0 Å². The van der Waals surface area contributed by atoms with Crippen molar-refractivity contribution in [3.63, 3.8) is 0 Å². The number of nitrogens with two attached hydrogens (primary N) is 1. The normalized spacial score (nSPS) is 19.4. The summed E-state index contributed by atoms with van der Waals surface area (Å²) in [6, 6.07) is 1.80. The Hall–Kier alpha value is -1.91. The number of hydrogen-bond acceptors (Lipinski definition) is 4. The molecule has 1 aliphatic heterocycles. The molecule has 0 aromatic carbocycles. The van der Waals surface area contributed by atoms with Gasteiger partial charge in [-0.2, -0.15) is 0 Å². The van der Waals surface area contributed by atoms with E-state index in [2.05, 4.69) is 4.98 Å². The summed E-state index contributed by atoms with van der Waals surface area (Å²) in [6.45, 7) is 3.30. The highest BCUT2D eigenvalue weighted by molar-refractivity contribution is 5.78. The largest absolute Gasteiger partial charge is 0.369 e. The fourth-order valence-corrected chi connectivity index (χ4v) is 2.17. The molecule has 1 aliphatic rings. The molecule has 1 aromatic rings. The first-order valence-corrected chi connectivity index (χ1v) is 5.58. The first-order chi connectivity index (χ1) is 8.11. The smallest absolute Gasteiger partial charge is 0.222 e. The third kappa shape index (κ3) is 2.27. The van der Waals surface area contributed by atoms with Crippen LogP contribution < -0.4 is 10.6 Å². The molecule has 0 radical (unpaired) electrons. The van der Waals surface area contributed by atoms with Gasteiger partial charge in [-0.3, -0.25) is 9.59 Å². The second-order valence-electron chi connectivity index (χ2n) is 4.36. The summed E-state index contributed by atoms with van der Waals surface area (Å²) in [5, 5.41) is 0. The quantitative estimate of drug-likeness (QED) is 0.772. The van der Waals surface area contributed by atoms with Gasteiger partial charge in [-0.05, 0) is 25.0 Å². The molecule has 0 spiro atoms. The molecular weight excluding hydrogens is 218 g/mol. The third-order valence-electron chi connectivity index (χ3n) is 3.10. The number of aldehydes is 1. The Labute approximate surface area is 99.6 Å². The summed E-state index contributed by atoms with van der Waals surface area (Å²) >= 11 is 0. The van der Waals surface area contributed by atoms with E-state index in [-0.39, 0.29) is 11.8 Å². The Morgan fingerprint density at radius 2 is 2.41 bits per heavy atom. The van der Waals surface area contributed by atoms with Crippen LogP contribution in [0.15, 0.2) is 12.3 Å². The number of pyridine rings is 1. The first-order valence-electron chi connectivity index (χ1n) is 5.58. The summed E-state index contributed by atoms with van der Waals surface area (Å²) in [5.41, 5.74) is 6.80. The van der Waals surface area contributed by atoms with Gasteiger partial charge in [0.2, 0.25) is 5.91 Å². The molecule has 0 saturated carbocycles. The Morgan fingerprint density at radius 3 is 2.94 bits per heavy atom. The van der Waals surface area contributed by atoms with Crippen LogP contribution in [0.3, 0.4) is 0 Å². The van der Waals surface area contributed by atoms with E-state index >= 15 is 0 Å². The van der Waals surface area contributed by atoms with Gasteiger partial charge in [-0.1, -0.05) is 0 Å². The number of anilines is 1. The van der Waals surface area contributed by atoms with E-state index in [1.54, 1.807) is 12.3 Å². The number of nitrogens with zero attached hydrogens (tertiary/aromatic N) is 2. The molecule has 1 saturated heterocycles. The highest BCUT2D eigenvalue weighted by Crippen LogP contribution is 2.24. The van der Waals surface area contributed by atoms with E-state index in [1.165, 1.54) is 0 Å². The van der Waals surface area contributed by atoms with Crippen LogP contribution in [0.4, 0.5) is 5.82 Å². The molecule has 1 atom stereocenters. The number of rotatable bonds is 3. The molecule has 5 heteroatoms. The number of primary amides is 1. The summed E-state index contributed by atoms with van der Waals surface area (Å²) in [5.74, 6) is 0.482. The molecule has 2 N–H and O–H groups in total. The maximum absolute atomic E-state index is 11.1. The summed E-state index contributed by atoms with van der Waals surface area (Å²) in [6.07, 6.45) is 3.10. The van der Waals surface area contributed by atoms with Crippen LogP contribution in [0.2, 0.25) is 0 Å². The van der Waals surface area contributed by atoms with Crippen LogP contribution >= 0.6 is 0 Å². The van der Waals surface area contributed by atoms with Gasteiger partial charge in [-0.25, -0.2) is 4.98 Å². The highest BCUT2D eigenvalue weighted by atomic mass is 16.1. The van der Waals surface area contributed by atoms with Crippen LogP contribution in [0.5, 0.6) is 0 Å². The summed E-state index contributed by atoms with van der Waals surface area (Å²) in [4.78, 5) is 28.0. The van der Waals surface area contributed by atoms with E-state index < -0.39 is 0 Å². The topological polar surface area (TPSA) is 76.3 Å². The van der Waals surface area contributed by atoms with E-state index in [1.807, 2.05) is 11.8 Å². The molecule has 90 valence electrons. The number of carbonyl (C=O) groups excluding carboxylic acids is 2. The molecule has 2 heterocycles. The van der Waals surface area contributed by atoms with Crippen molar-refractivity contribution in [2.45, 2.75) is 13.3 Å². The SMILES string of the molecule is Cc1cc(C=O)cnc1N1CCC(C(N)=O)C1. The van der Waals surface area contributed by atoms with Crippen LogP contribution in [-0.2, 0) is 4.79 Å². The van der Waals surface area contributed by atoms with Gasteiger partial charge in [0.25, 0.3) is 0 Å². The first kappa shape index (κ1) is 11.6. The average Bonchev–Trinajstić information content (AvgIpc) is 2.78. The second-order valence-corrected chi connectivity index (χ2v) is 4.36. The maximum Gasteiger partial charge on any atom is 0.222 e. The molecule has 5 nitrogen and oxygen atoms in total. The van der Waals surface area contributed by atoms with Gasteiger partial charge in [-0.15, -0.1) is 0 Å². The zero-order chi connectivity index (χ0) is 12.4. The number of aryl methyl sites for hydroxylation is 1. The minimum Gasteiger partial charge on any atom is -0.369 e. The molecule has 1 unspecified atom stereocenters. The van der Waals surface area contributed by atoms with Crippen molar-refractivity contribution in [2.24, 2.45) is 11.7 Å². The monoisotopic (exact) mass is 233 g/mol. The predicted molar refractivity (Wildman–Crippen MR) is 63.9 cm³/mol. The van der Waals surface area contributed by atoms with Gasteiger partial charge >= 0.3 is 0 Å². The third-order valence-corrected chi connectivity index (χ3v) is 3.10. The Morgan fingerprint density at radius 1 is 1.65 bits per heavy atom. The minimum atomic E-state index is -0.255. The van der Waals surface area contributed by atoms with Gasteiger partial charge in [0.15, 0.2) is 6.29 Å². The van der Waals surface area contributed by atoms with Crippen molar-refractivity contribution in [1.82, 2.24) is 4.98 Å². The molecular formula is C12H15N3O2. The summed E-state index contributed by atoms with van der Waals surface area (Å²) in [7, 11) is 0. The predicted octanol–water partition coefficient (Wildman–Crippen LogP) is 0.514. The molecule has 0 bridgehead atoms. The van der Waals surface area contributed by atoms with Gasteiger partial charge in [0.1, 0.15) is 5.82 Å². The van der Waals surface area contributed by atoms with Crippen molar-refractivity contribution in [3.05, 3.63) is 23.4 Å². The van der Waals surface area contributed by atoms with Gasteiger partial charge in [0, 0.05) is 24.8 Å². The standard InChI is InChI=1S/C12H15N3O2/c1-8-4-9(7-16)5-14-12(8)15-3-2-10(6-15)11(13)17/h4-5,7,10H,2-3,6H2,1H3,(H2,13,17). The van der Waals surface area contributed by atoms with Gasteiger partial charge in [0.05, 0.1) is 5.92 Å². The Balaban J connectivity index is 2.19. The zero-order valence-electron chi connectivity index (χ0n) is 9.72. The highest BCUT2D eigenvalue weighted by Gasteiger charge is 2.28. The fraction of sp³-hybridized carbons (Fsp3) is 0.417. The lowest BCUT2D eigenvalue weighted by Crippen LogP contribution is -2.28. The minimum absolute atomic E-state index is 0.0954. The molecule has 2 rings (SSSR count). The second kappa shape index (κ2) is 4.53. The van der Waals surface area contributed by atoms with Crippen LogP contribution in [0, 0.1) is 12.8 Å². The fourth-order valence-electron chi connectivity index (χ4n) is 2.17. The molecule has 0 aliphatic carbocycles. The lowest BCUT2D eigenvalue weighted by Gasteiger charge is -2.19. The van der Waals surface area contributed by atoms with Crippen LogP contribution in [0.25, 0.3) is 0 Å². The lowest BCUT2D eigenvalue weighted by molar-refractivity contribution is -0.121. The van der Waals surface area contributed by atoms with E-state index in [0.717, 1.165) is 30.6 Å². The Bertz CT molecular complexity index is 459.